The Morgan fingerprint density at radius 2 is 2.17 bits per heavy atom. The van der Waals surface area contributed by atoms with Crippen LogP contribution >= 0.6 is 7.75 Å². The summed E-state index contributed by atoms with van der Waals surface area (Å²) < 4.78 is 27.5. The molecule has 0 aromatic carbocycles. The monoisotopic (exact) mass is 280 g/mol. The Balaban J connectivity index is 1.83. The van der Waals surface area contributed by atoms with Crippen molar-refractivity contribution in [3.8, 4) is 0 Å². The molecular weight excluding hydrogens is 263 g/mol. The molecule has 2 fully saturated rings. The highest BCUT2D eigenvalue weighted by atomic mass is 31.2. The first kappa shape index (κ1) is 13.9. The topological polar surface area (TPSA) is 99.9 Å². The second-order valence-corrected chi connectivity index (χ2v) is 6.62. The van der Waals surface area contributed by atoms with Gasteiger partial charge in [-0.2, -0.15) is 0 Å². The molecule has 18 heavy (non-hydrogen) atoms. The average molecular weight is 280 g/mol. The van der Waals surface area contributed by atoms with Crippen molar-refractivity contribution in [1.82, 2.24) is 5.09 Å². The molecule has 2 saturated heterocycles. The first-order valence-electron chi connectivity index (χ1n) is 5.84. The van der Waals surface area contributed by atoms with E-state index in [-0.39, 0.29) is 19.3 Å². The van der Waals surface area contributed by atoms with Crippen molar-refractivity contribution in [1.29, 1.82) is 0 Å². The number of nitrogens with zero attached hydrogens (tertiary/aromatic N) is 1. The van der Waals surface area contributed by atoms with Gasteiger partial charge in [-0.3, -0.25) is 19.2 Å². The molecule has 0 bridgehead atoms. The minimum Gasteiger partial charge on any atom is -0.377 e. The maximum Gasteiger partial charge on any atom is 0.406 e. The van der Waals surface area contributed by atoms with E-state index in [1.807, 2.05) is 0 Å². The molecule has 0 aromatic heterocycles. The molecule has 2 aliphatic rings. The molecule has 1 N–H and O–H groups in total. The minimum atomic E-state index is -3.42. The molecule has 0 saturated carbocycles. The van der Waals surface area contributed by atoms with E-state index in [2.05, 4.69) is 5.09 Å². The highest BCUT2D eigenvalue weighted by Gasteiger charge is 2.47. The van der Waals surface area contributed by atoms with Gasteiger partial charge < -0.3 is 4.74 Å². The fourth-order valence-electron chi connectivity index (χ4n) is 1.74. The smallest absolute Gasteiger partial charge is 0.377 e. The van der Waals surface area contributed by atoms with Crippen molar-refractivity contribution < 1.29 is 23.3 Å². The van der Waals surface area contributed by atoms with E-state index >= 15 is 0 Å². The summed E-state index contributed by atoms with van der Waals surface area (Å²) in [6, 6.07) is 0. The van der Waals surface area contributed by atoms with Gasteiger partial charge in [0.1, 0.15) is 13.2 Å². The lowest BCUT2D eigenvalue weighted by Gasteiger charge is -2.31. The molecule has 8 nitrogen and oxygen atoms in total. The number of hydrogen-bond donors (Lipinski definition) is 1. The molecule has 0 spiro atoms. The van der Waals surface area contributed by atoms with Gasteiger partial charge in [-0.15, -0.1) is 0 Å². The van der Waals surface area contributed by atoms with Crippen molar-refractivity contribution in [3.63, 3.8) is 0 Å². The number of nitro groups is 1. The van der Waals surface area contributed by atoms with E-state index in [4.69, 9.17) is 13.8 Å². The maximum atomic E-state index is 12.1. The van der Waals surface area contributed by atoms with Crippen molar-refractivity contribution in [2.45, 2.75) is 31.4 Å². The van der Waals surface area contributed by atoms with Gasteiger partial charge >= 0.3 is 7.75 Å². The molecule has 1 atom stereocenters. The summed E-state index contributed by atoms with van der Waals surface area (Å²) in [7, 11) is -3.42. The molecule has 2 heterocycles. The van der Waals surface area contributed by atoms with Crippen LogP contribution in [-0.2, 0) is 18.3 Å². The Kier molecular flexibility index (Phi) is 4.03. The van der Waals surface area contributed by atoms with Gasteiger partial charge in [0.2, 0.25) is 0 Å². The van der Waals surface area contributed by atoms with E-state index < -0.39 is 18.2 Å². The van der Waals surface area contributed by atoms with Crippen LogP contribution in [-0.4, -0.2) is 42.9 Å². The number of rotatable bonds is 4. The fraction of sp³-hybridized carbons (Fsp3) is 1.00. The van der Waals surface area contributed by atoms with Crippen molar-refractivity contribution in [2.24, 2.45) is 0 Å². The summed E-state index contributed by atoms with van der Waals surface area (Å²) in [5.74, 6) is 0. The second kappa shape index (κ2) is 5.22. The Morgan fingerprint density at radius 3 is 2.67 bits per heavy atom. The molecule has 2 rings (SSSR count). The van der Waals surface area contributed by atoms with Crippen molar-refractivity contribution in [2.75, 3.05) is 26.4 Å². The first-order valence-corrected chi connectivity index (χ1v) is 7.38. The Hall–Kier alpha value is -0.530. The molecule has 104 valence electrons. The summed E-state index contributed by atoms with van der Waals surface area (Å²) >= 11 is 0. The third kappa shape index (κ3) is 3.07. The lowest BCUT2D eigenvalue weighted by atomic mass is 10.1. The fourth-order valence-corrected chi connectivity index (χ4v) is 3.32. The van der Waals surface area contributed by atoms with Crippen LogP contribution in [0, 0.1) is 10.1 Å². The predicted octanol–water partition coefficient (Wildman–Crippen LogP) is 0.945. The van der Waals surface area contributed by atoms with E-state index in [9.17, 15) is 14.7 Å². The van der Waals surface area contributed by atoms with Crippen molar-refractivity contribution in [3.05, 3.63) is 10.1 Å². The van der Waals surface area contributed by atoms with Gasteiger partial charge in [-0.1, -0.05) is 0 Å². The standard InChI is InChI=1S/C9H17N2O6P/c1-9(11(12)13)6-16-18(14,17-7-9)10-5-8-3-2-4-15-8/h8H,2-7H2,1H3,(H,10,14). The van der Waals surface area contributed by atoms with Crippen LogP contribution in [0.1, 0.15) is 19.8 Å². The first-order chi connectivity index (χ1) is 8.44. The van der Waals surface area contributed by atoms with Gasteiger partial charge in [-0.05, 0) is 12.8 Å². The van der Waals surface area contributed by atoms with Crippen LogP contribution in [0.5, 0.6) is 0 Å². The molecule has 2 aliphatic heterocycles. The SMILES string of the molecule is CC1([N+](=O)[O-])COP(=O)(NCC2CCCO2)OC1. The third-order valence-corrected chi connectivity index (χ3v) is 4.58. The van der Waals surface area contributed by atoms with E-state index in [0.29, 0.717) is 13.2 Å². The molecule has 0 aromatic rings. The lowest BCUT2D eigenvalue weighted by Crippen LogP contribution is -2.48. The maximum absolute atomic E-state index is 12.1. The molecule has 0 amide bonds. The molecule has 1 unspecified atom stereocenters. The van der Waals surface area contributed by atoms with Crippen LogP contribution in [0.15, 0.2) is 0 Å². The molecular formula is C9H17N2O6P. The average Bonchev–Trinajstić information content (AvgIpc) is 2.84. The van der Waals surface area contributed by atoms with Gasteiger partial charge in [0.15, 0.2) is 0 Å². The lowest BCUT2D eigenvalue weighted by molar-refractivity contribution is -0.573. The normalized spacial score (nSPS) is 40.8. The van der Waals surface area contributed by atoms with Gasteiger partial charge in [0, 0.05) is 25.0 Å². The summed E-state index contributed by atoms with van der Waals surface area (Å²) in [5.41, 5.74) is -1.33. The van der Waals surface area contributed by atoms with Gasteiger partial charge in [0.05, 0.1) is 6.10 Å². The third-order valence-electron chi connectivity index (χ3n) is 3.07. The van der Waals surface area contributed by atoms with E-state index in [1.165, 1.54) is 6.92 Å². The summed E-state index contributed by atoms with van der Waals surface area (Å²) in [4.78, 5) is 10.3. The Bertz CT molecular complexity index is 358. The van der Waals surface area contributed by atoms with Gasteiger partial charge in [-0.25, -0.2) is 9.65 Å². The van der Waals surface area contributed by atoms with Gasteiger partial charge in [0.25, 0.3) is 5.54 Å². The van der Waals surface area contributed by atoms with Crippen LogP contribution in [0.25, 0.3) is 0 Å². The molecule has 0 aliphatic carbocycles. The molecule has 9 heteroatoms. The van der Waals surface area contributed by atoms with Crippen LogP contribution in [0.4, 0.5) is 0 Å². The summed E-state index contributed by atoms with van der Waals surface area (Å²) in [6.07, 6.45) is 1.89. The number of hydrogen-bond acceptors (Lipinski definition) is 6. The highest BCUT2D eigenvalue weighted by molar-refractivity contribution is 7.51. The van der Waals surface area contributed by atoms with E-state index in [1.54, 1.807) is 0 Å². The Morgan fingerprint density at radius 1 is 1.50 bits per heavy atom. The largest absolute Gasteiger partial charge is 0.406 e. The number of ether oxygens (including phenoxy) is 1. The Labute approximate surface area is 105 Å². The van der Waals surface area contributed by atoms with Crippen LogP contribution < -0.4 is 5.09 Å². The van der Waals surface area contributed by atoms with Crippen LogP contribution in [0.2, 0.25) is 0 Å². The summed E-state index contributed by atoms with van der Waals surface area (Å²) in [5, 5.41) is 13.4. The predicted molar refractivity (Wildman–Crippen MR) is 61.9 cm³/mol. The quantitative estimate of drug-likeness (QED) is 0.464. The van der Waals surface area contributed by atoms with Crippen molar-refractivity contribution >= 4 is 7.75 Å². The summed E-state index contributed by atoms with van der Waals surface area (Å²) in [6.45, 7) is 2.02. The minimum absolute atomic E-state index is 0.00634. The zero-order valence-corrected chi connectivity index (χ0v) is 11.1. The zero-order valence-electron chi connectivity index (χ0n) is 10.2. The number of nitrogens with one attached hydrogen (secondary N) is 1. The zero-order chi connectivity index (χ0) is 13.2. The van der Waals surface area contributed by atoms with Crippen LogP contribution in [0.3, 0.4) is 0 Å². The van der Waals surface area contributed by atoms with E-state index in [0.717, 1.165) is 12.8 Å². The molecule has 0 radical (unpaired) electrons. The highest BCUT2D eigenvalue weighted by Crippen LogP contribution is 2.48. The second-order valence-electron chi connectivity index (χ2n) is 4.80.